The normalized spacial score (nSPS) is 38.4. The van der Waals surface area contributed by atoms with E-state index in [2.05, 4.69) is 0 Å². The highest BCUT2D eigenvalue weighted by Gasteiger charge is 2.35. The standard InChI is InChI=1S/C7H11NO2/c1-7(6(9)10)3-2-5(8)4-7/h2-3,5H,4,8H2,1H3,(H,9,10)/t5-,7+/m0/s1. The van der Waals surface area contributed by atoms with Gasteiger partial charge in [0.2, 0.25) is 0 Å². The molecular formula is C7H11NO2. The lowest BCUT2D eigenvalue weighted by molar-refractivity contribution is -0.145. The van der Waals surface area contributed by atoms with Crippen LogP contribution in [0.1, 0.15) is 13.3 Å². The first-order valence-electron chi connectivity index (χ1n) is 3.23. The molecule has 0 bridgehead atoms. The van der Waals surface area contributed by atoms with Gasteiger partial charge in [-0.25, -0.2) is 0 Å². The van der Waals surface area contributed by atoms with Crippen molar-refractivity contribution in [3.63, 3.8) is 0 Å². The predicted octanol–water partition coefficient (Wildman–Crippen LogP) is 0.365. The van der Waals surface area contributed by atoms with Crippen LogP contribution in [0.4, 0.5) is 0 Å². The molecule has 0 saturated heterocycles. The number of hydrogen-bond donors (Lipinski definition) is 2. The number of carbonyl (C=O) groups is 1. The number of nitrogens with two attached hydrogens (primary N) is 1. The van der Waals surface area contributed by atoms with Crippen LogP contribution in [0.15, 0.2) is 12.2 Å². The second-order valence-corrected chi connectivity index (χ2v) is 2.95. The molecule has 1 aliphatic rings. The van der Waals surface area contributed by atoms with Gasteiger partial charge in [-0.3, -0.25) is 4.79 Å². The van der Waals surface area contributed by atoms with Gasteiger partial charge in [0.1, 0.15) is 0 Å². The highest BCUT2D eigenvalue weighted by atomic mass is 16.4. The summed E-state index contributed by atoms with van der Waals surface area (Å²) in [6.45, 7) is 1.68. The van der Waals surface area contributed by atoms with Crippen LogP contribution in [0.25, 0.3) is 0 Å². The zero-order valence-corrected chi connectivity index (χ0v) is 5.87. The van der Waals surface area contributed by atoms with Crippen molar-refractivity contribution < 1.29 is 9.90 Å². The lowest BCUT2D eigenvalue weighted by Gasteiger charge is -2.15. The number of hydrogen-bond acceptors (Lipinski definition) is 2. The first-order valence-corrected chi connectivity index (χ1v) is 3.23. The van der Waals surface area contributed by atoms with Crippen LogP contribution in [0.2, 0.25) is 0 Å². The van der Waals surface area contributed by atoms with Crippen LogP contribution < -0.4 is 5.73 Å². The summed E-state index contributed by atoms with van der Waals surface area (Å²) in [4.78, 5) is 10.6. The van der Waals surface area contributed by atoms with Crippen molar-refractivity contribution in [1.82, 2.24) is 0 Å². The second-order valence-electron chi connectivity index (χ2n) is 2.95. The Hall–Kier alpha value is -0.830. The molecule has 1 rings (SSSR count). The molecule has 3 heteroatoms. The van der Waals surface area contributed by atoms with E-state index in [-0.39, 0.29) is 6.04 Å². The van der Waals surface area contributed by atoms with Gasteiger partial charge < -0.3 is 10.8 Å². The van der Waals surface area contributed by atoms with Crippen LogP contribution in [-0.4, -0.2) is 17.1 Å². The minimum absolute atomic E-state index is 0.0823. The maximum absolute atomic E-state index is 10.6. The third kappa shape index (κ3) is 1.04. The molecule has 0 aromatic carbocycles. The fraction of sp³-hybridized carbons (Fsp3) is 0.571. The Morgan fingerprint density at radius 2 is 2.50 bits per heavy atom. The van der Waals surface area contributed by atoms with Gasteiger partial charge in [0.15, 0.2) is 0 Å². The maximum Gasteiger partial charge on any atom is 0.313 e. The molecule has 10 heavy (non-hydrogen) atoms. The average Bonchev–Trinajstić information content (AvgIpc) is 2.13. The molecule has 56 valence electrons. The Balaban J connectivity index is 2.75. The fourth-order valence-corrected chi connectivity index (χ4v) is 1.12. The molecule has 0 amide bonds. The van der Waals surface area contributed by atoms with Crippen molar-refractivity contribution >= 4 is 5.97 Å². The quantitative estimate of drug-likeness (QED) is 0.518. The summed E-state index contributed by atoms with van der Waals surface area (Å²) in [6, 6.07) is -0.0823. The van der Waals surface area contributed by atoms with E-state index < -0.39 is 11.4 Å². The van der Waals surface area contributed by atoms with Crippen molar-refractivity contribution in [1.29, 1.82) is 0 Å². The van der Waals surface area contributed by atoms with E-state index in [1.54, 1.807) is 19.1 Å². The van der Waals surface area contributed by atoms with Crippen molar-refractivity contribution in [2.75, 3.05) is 0 Å². The summed E-state index contributed by atoms with van der Waals surface area (Å²) < 4.78 is 0. The summed E-state index contributed by atoms with van der Waals surface area (Å²) in [7, 11) is 0. The highest BCUT2D eigenvalue weighted by Crippen LogP contribution is 2.30. The van der Waals surface area contributed by atoms with Gasteiger partial charge in [-0.15, -0.1) is 0 Å². The van der Waals surface area contributed by atoms with Gasteiger partial charge in [-0.05, 0) is 13.3 Å². The molecule has 0 spiro atoms. The smallest absolute Gasteiger partial charge is 0.313 e. The van der Waals surface area contributed by atoms with Crippen LogP contribution in [0.3, 0.4) is 0 Å². The van der Waals surface area contributed by atoms with Crippen LogP contribution >= 0.6 is 0 Å². The van der Waals surface area contributed by atoms with Crippen LogP contribution in [0, 0.1) is 5.41 Å². The van der Waals surface area contributed by atoms with E-state index in [9.17, 15) is 4.79 Å². The van der Waals surface area contributed by atoms with Crippen molar-refractivity contribution in [2.24, 2.45) is 11.1 Å². The van der Waals surface area contributed by atoms with E-state index in [1.807, 2.05) is 0 Å². The SMILES string of the molecule is C[C@@]1(C(=O)O)C=C[C@H](N)C1. The lowest BCUT2D eigenvalue weighted by Crippen LogP contribution is -2.27. The van der Waals surface area contributed by atoms with Gasteiger partial charge in [0.05, 0.1) is 5.41 Å². The van der Waals surface area contributed by atoms with Gasteiger partial charge >= 0.3 is 5.97 Å². The minimum Gasteiger partial charge on any atom is -0.481 e. The summed E-state index contributed by atoms with van der Waals surface area (Å²) in [5.41, 5.74) is 4.78. The minimum atomic E-state index is -0.795. The zero-order valence-electron chi connectivity index (χ0n) is 5.87. The van der Waals surface area contributed by atoms with E-state index >= 15 is 0 Å². The van der Waals surface area contributed by atoms with Crippen molar-refractivity contribution in [3.05, 3.63) is 12.2 Å². The average molecular weight is 141 g/mol. The number of carboxylic acid groups (broad SMARTS) is 1. The Morgan fingerprint density at radius 3 is 2.70 bits per heavy atom. The molecule has 0 heterocycles. The molecule has 3 N–H and O–H groups in total. The molecule has 0 aliphatic heterocycles. The van der Waals surface area contributed by atoms with E-state index in [1.165, 1.54) is 0 Å². The molecular weight excluding hydrogens is 130 g/mol. The molecule has 0 unspecified atom stereocenters. The van der Waals surface area contributed by atoms with E-state index in [0.29, 0.717) is 6.42 Å². The summed E-state index contributed by atoms with van der Waals surface area (Å²) in [6.07, 6.45) is 3.93. The molecule has 2 atom stereocenters. The maximum atomic E-state index is 10.6. The molecule has 0 radical (unpaired) electrons. The molecule has 0 aromatic heterocycles. The van der Waals surface area contributed by atoms with Gasteiger partial charge in [0, 0.05) is 6.04 Å². The predicted molar refractivity (Wildman–Crippen MR) is 37.5 cm³/mol. The number of aliphatic carboxylic acids is 1. The molecule has 0 fully saturated rings. The van der Waals surface area contributed by atoms with Gasteiger partial charge in [-0.2, -0.15) is 0 Å². The Kier molecular flexibility index (Phi) is 1.52. The molecule has 0 saturated carbocycles. The summed E-state index contributed by atoms with van der Waals surface area (Å²) in [5, 5.41) is 8.68. The Labute approximate surface area is 59.5 Å². The first kappa shape index (κ1) is 7.28. The van der Waals surface area contributed by atoms with E-state index in [4.69, 9.17) is 10.8 Å². The molecule has 1 aliphatic carbocycles. The Bertz CT molecular complexity index is 188. The van der Waals surface area contributed by atoms with E-state index in [0.717, 1.165) is 0 Å². The molecule has 3 nitrogen and oxygen atoms in total. The zero-order chi connectivity index (χ0) is 7.78. The number of rotatable bonds is 1. The van der Waals surface area contributed by atoms with Gasteiger partial charge in [-0.1, -0.05) is 12.2 Å². The topological polar surface area (TPSA) is 63.3 Å². The highest BCUT2D eigenvalue weighted by molar-refractivity contribution is 5.77. The Morgan fingerprint density at radius 1 is 1.90 bits per heavy atom. The third-order valence-corrected chi connectivity index (χ3v) is 1.86. The monoisotopic (exact) mass is 141 g/mol. The van der Waals surface area contributed by atoms with Crippen molar-refractivity contribution in [3.8, 4) is 0 Å². The molecule has 0 aromatic rings. The van der Waals surface area contributed by atoms with Gasteiger partial charge in [0.25, 0.3) is 0 Å². The van der Waals surface area contributed by atoms with Crippen LogP contribution in [0.5, 0.6) is 0 Å². The number of carboxylic acids is 1. The second kappa shape index (κ2) is 2.09. The first-order chi connectivity index (χ1) is 4.54. The summed E-state index contributed by atoms with van der Waals surface area (Å²) >= 11 is 0. The third-order valence-electron chi connectivity index (χ3n) is 1.86. The lowest BCUT2D eigenvalue weighted by atomic mass is 9.90. The largest absolute Gasteiger partial charge is 0.481 e. The fourth-order valence-electron chi connectivity index (χ4n) is 1.12. The van der Waals surface area contributed by atoms with Crippen LogP contribution in [-0.2, 0) is 4.79 Å². The van der Waals surface area contributed by atoms with Crippen molar-refractivity contribution in [2.45, 2.75) is 19.4 Å². The summed E-state index contributed by atoms with van der Waals surface area (Å²) in [5.74, 6) is -0.795.